The molecule has 1 atom stereocenters. The van der Waals surface area contributed by atoms with Gasteiger partial charge in [0.1, 0.15) is 0 Å². The largest absolute Gasteiger partial charge is 0.313 e. The van der Waals surface area contributed by atoms with Gasteiger partial charge in [-0.25, -0.2) is 0 Å². The zero-order valence-electron chi connectivity index (χ0n) is 6.83. The topological polar surface area (TPSA) is 12.0 Å². The first-order valence-electron chi connectivity index (χ1n) is 3.71. The van der Waals surface area contributed by atoms with Crippen LogP contribution in [0.15, 0.2) is 29.2 Å². The highest BCUT2D eigenvalue weighted by atomic mass is 32.1. The van der Waals surface area contributed by atoms with E-state index in [0.717, 1.165) is 4.90 Å². The number of hydrogen-bond acceptors (Lipinski definition) is 2. The van der Waals surface area contributed by atoms with Crippen LogP contribution >= 0.6 is 12.6 Å². The number of nitrogens with one attached hydrogen (secondary N) is 1. The highest BCUT2D eigenvalue weighted by Crippen LogP contribution is 2.19. The molecular weight excluding hydrogens is 154 g/mol. The fourth-order valence-corrected chi connectivity index (χ4v) is 1.36. The van der Waals surface area contributed by atoms with Crippen LogP contribution in [0.25, 0.3) is 0 Å². The van der Waals surface area contributed by atoms with Crippen LogP contribution in [0, 0.1) is 0 Å². The van der Waals surface area contributed by atoms with Gasteiger partial charge in [0.25, 0.3) is 0 Å². The Hall–Kier alpha value is -0.470. The summed E-state index contributed by atoms with van der Waals surface area (Å²) in [4.78, 5) is 1.05. The third-order valence-electron chi connectivity index (χ3n) is 1.84. The molecule has 0 unspecified atom stereocenters. The van der Waals surface area contributed by atoms with Crippen LogP contribution in [-0.2, 0) is 0 Å². The van der Waals surface area contributed by atoms with Crippen molar-refractivity contribution in [2.24, 2.45) is 0 Å². The lowest BCUT2D eigenvalue weighted by molar-refractivity contribution is 0.642. The Bertz CT molecular complexity index is 235. The molecule has 11 heavy (non-hydrogen) atoms. The fourth-order valence-electron chi connectivity index (χ4n) is 1.01. The Morgan fingerprint density at radius 3 is 2.55 bits per heavy atom. The van der Waals surface area contributed by atoms with Gasteiger partial charge in [-0.15, -0.1) is 12.6 Å². The van der Waals surface area contributed by atoms with E-state index in [4.69, 9.17) is 0 Å². The molecule has 1 N–H and O–H groups in total. The van der Waals surface area contributed by atoms with Crippen molar-refractivity contribution in [3.8, 4) is 0 Å². The van der Waals surface area contributed by atoms with Crippen molar-refractivity contribution in [3.05, 3.63) is 29.8 Å². The minimum Gasteiger partial charge on any atom is -0.313 e. The normalized spacial score (nSPS) is 13.0. The molecule has 0 aliphatic heterocycles. The maximum Gasteiger partial charge on any atom is 0.0300 e. The van der Waals surface area contributed by atoms with Crippen molar-refractivity contribution in [3.63, 3.8) is 0 Å². The summed E-state index contributed by atoms with van der Waals surface area (Å²) in [6.45, 7) is 2.12. The van der Waals surface area contributed by atoms with Crippen molar-refractivity contribution in [1.82, 2.24) is 5.32 Å². The van der Waals surface area contributed by atoms with Crippen LogP contribution in [0.3, 0.4) is 0 Å². The highest BCUT2D eigenvalue weighted by Gasteiger charge is 2.03. The summed E-state index contributed by atoms with van der Waals surface area (Å²) in [5.74, 6) is 0. The molecule has 0 saturated heterocycles. The van der Waals surface area contributed by atoms with Gasteiger partial charge in [-0.05, 0) is 25.6 Å². The van der Waals surface area contributed by atoms with Crippen LogP contribution in [0.2, 0.25) is 0 Å². The molecule has 0 aliphatic rings. The Labute approximate surface area is 73.2 Å². The van der Waals surface area contributed by atoms with Crippen LogP contribution in [0.4, 0.5) is 0 Å². The van der Waals surface area contributed by atoms with Crippen LogP contribution in [-0.4, -0.2) is 7.05 Å². The van der Waals surface area contributed by atoms with Gasteiger partial charge in [0, 0.05) is 10.9 Å². The third-order valence-corrected chi connectivity index (χ3v) is 2.24. The lowest BCUT2D eigenvalue weighted by atomic mass is 10.1. The SMILES string of the molecule is CN[C@H](C)c1ccccc1S. The van der Waals surface area contributed by atoms with E-state index in [0.29, 0.717) is 6.04 Å². The molecule has 0 spiro atoms. The molecule has 1 nitrogen and oxygen atoms in total. The summed E-state index contributed by atoms with van der Waals surface area (Å²) in [5, 5.41) is 3.17. The fraction of sp³-hybridized carbons (Fsp3) is 0.333. The molecule has 0 saturated carbocycles. The first-order chi connectivity index (χ1) is 5.25. The molecule has 1 aromatic carbocycles. The van der Waals surface area contributed by atoms with E-state index in [2.05, 4.69) is 30.9 Å². The summed E-state index contributed by atoms with van der Waals surface area (Å²) in [6.07, 6.45) is 0. The minimum absolute atomic E-state index is 0.378. The second kappa shape index (κ2) is 3.79. The van der Waals surface area contributed by atoms with Crippen molar-refractivity contribution >= 4 is 12.6 Å². The maximum absolute atomic E-state index is 4.35. The van der Waals surface area contributed by atoms with E-state index in [1.54, 1.807) is 0 Å². The monoisotopic (exact) mass is 167 g/mol. The van der Waals surface area contributed by atoms with E-state index in [1.165, 1.54) is 5.56 Å². The minimum atomic E-state index is 0.378. The highest BCUT2D eigenvalue weighted by molar-refractivity contribution is 7.80. The number of hydrogen-bond donors (Lipinski definition) is 2. The molecule has 0 aromatic heterocycles. The second-order valence-electron chi connectivity index (χ2n) is 2.57. The Balaban J connectivity index is 2.93. The lowest BCUT2D eigenvalue weighted by Crippen LogP contribution is -2.12. The van der Waals surface area contributed by atoms with Gasteiger partial charge in [-0.1, -0.05) is 18.2 Å². The molecule has 1 rings (SSSR count). The molecule has 0 amide bonds. The first-order valence-corrected chi connectivity index (χ1v) is 4.15. The molecule has 0 radical (unpaired) electrons. The summed E-state index contributed by atoms with van der Waals surface area (Å²) in [7, 11) is 1.95. The summed E-state index contributed by atoms with van der Waals surface area (Å²) < 4.78 is 0. The molecule has 0 heterocycles. The number of benzene rings is 1. The summed E-state index contributed by atoms with van der Waals surface area (Å²) >= 11 is 4.35. The Morgan fingerprint density at radius 2 is 2.00 bits per heavy atom. The zero-order valence-corrected chi connectivity index (χ0v) is 7.73. The average molecular weight is 167 g/mol. The first kappa shape index (κ1) is 8.62. The molecule has 1 aromatic rings. The number of rotatable bonds is 2. The predicted molar refractivity (Wildman–Crippen MR) is 51.2 cm³/mol. The van der Waals surface area contributed by atoms with Crippen molar-refractivity contribution in [1.29, 1.82) is 0 Å². The smallest absolute Gasteiger partial charge is 0.0300 e. The standard InChI is InChI=1S/C9H13NS/c1-7(10-2)8-5-3-4-6-9(8)11/h3-7,10-11H,1-2H3/t7-/m1/s1. The third kappa shape index (κ3) is 1.98. The molecular formula is C9H13NS. The molecule has 0 fully saturated rings. The summed E-state index contributed by atoms with van der Waals surface area (Å²) in [6, 6.07) is 8.50. The summed E-state index contributed by atoms with van der Waals surface area (Å²) in [5.41, 5.74) is 1.25. The van der Waals surface area contributed by atoms with Crippen molar-refractivity contribution < 1.29 is 0 Å². The van der Waals surface area contributed by atoms with E-state index in [9.17, 15) is 0 Å². The number of thiol groups is 1. The van der Waals surface area contributed by atoms with Gasteiger partial charge in [0.05, 0.1) is 0 Å². The van der Waals surface area contributed by atoms with Gasteiger partial charge in [-0.2, -0.15) is 0 Å². The van der Waals surface area contributed by atoms with Gasteiger partial charge in [0.2, 0.25) is 0 Å². The van der Waals surface area contributed by atoms with Gasteiger partial charge < -0.3 is 5.32 Å². The van der Waals surface area contributed by atoms with Crippen LogP contribution < -0.4 is 5.32 Å². The van der Waals surface area contributed by atoms with Crippen molar-refractivity contribution in [2.75, 3.05) is 7.05 Å². The second-order valence-corrected chi connectivity index (χ2v) is 3.05. The molecule has 60 valence electrons. The quantitative estimate of drug-likeness (QED) is 0.644. The van der Waals surface area contributed by atoms with Crippen LogP contribution in [0.5, 0.6) is 0 Å². The molecule has 0 aliphatic carbocycles. The zero-order chi connectivity index (χ0) is 8.27. The van der Waals surface area contributed by atoms with Gasteiger partial charge in [-0.3, -0.25) is 0 Å². The predicted octanol–water partition coefficient (Wildman–Crippen LogP) is 2.26. The van der Waals surface area contributed by atoms with Crippen LogP contribution in [0.1, 0.15) is 18.5 Å². The van der Waals surface area contributed by atoms with E-state index in [1.807, 2.05) is 25.2 Å². The van der Waals surface area contributed by atoms with Gasteiger partial charge >= 0.3 is 0 Å². The Morgan fingerprint density at radius 1 is 1.36 bits per heavy atom. The Kier molecular flexibility index (Phi) is 2.97. The average Bonchev–Trinajstić information content (AvgIpc) is 2.04. The lowest BCUT2D eigenvalue weighted by Gasteiger charge is -2.11. The van der Waals surface area contributed by atoms with E-state index < -0.39 is 0 Å². The molecule has 0 bridgehead atoms. The van der Waals surface area contributed by atoms with Gasteiger partial charge in [0.15, 0.2) is 0 Å². The van der Waals surface area contributed by atoms with Crippen molar-refractivity contribution in [2.45, 2.75) is 17.9 Å². The maximum atomic E-state index is 4.35. The molecule has 2 heteroatoms. The van der Waals surface area contributed by atoms with E-state index >= 15 is 0 Å². The van der Waals surface area contributed by atoms with E-state index in [-0.39, 0.29) is 0 Å².